The molecule has 3 nitrogen and oxygen atoms in total. The Morgan fingerprint density at radius 1 is 1.17 bits per heavy atom. The average molecular weight is 251 g/mol. The van der Waals surface area contributed by atoms with Gasteiger partial charge in [-0.25, -0.2) is 0 Å². The molecule has 102 valence electrons. The molecule has 0 aliphatic heterocycles. The quantitative estimate of drug-likeness (QED) is 0.684. The number of benzene rings is 1. The van der Waals surface area contributed by atoms with E-state index in [1.54, 1.807) is 14.2 Å². The molecule has 0 aliphatic rings. The molecule has 1 N–H and O–H groups in total. The summed E-state index contributed by atoms with van der Waals surface area (Å²) in [6.45, 7) is 4.09. The topological polar surface area (TPSA) is 30.5 Å². The molecule has 0 heterocycles. The first-order chi connectivity index (χ1) is 8.76. The molecule has 0 aliphatic carbocycles. The Morgan fingerprint density at radius 2 is 1.89 bits per heavy atom. The Hall–Kier alpha value is -1.06. The van der Waals surface area contributed by atoms with E-state index < -0.39 is 0 Å². The predicted octanol–water partition coefficient (Wildman–Crippen LogP) is 2.64. The molecule has 1 aromatic rings. The number of hydrogen-bond acceptors (Lipinski definition) is 3. The van der Waals surface area contributed by atoms with Gasteiger partial charge in [0, 0.05) is 19.8 Å². The summed E-state index contributed by atoms with van der Waals surface area (Å²) in [5, 5.41) is 3.51. The molecule has 0 bridgehead atoms. The van der Waals surface area contributed by atoms with E-state index in [1.807, 2.05) is 12.1 Å². The van der Waals surface area contributed by atoms with Crippen LogP contribution in [0.4, 0.5) is 0 Å². The number of ether oxygens (including phenoxy) is 2. The number of nitrogens with one attached hydrogen (secondary N) is 1. The van der Waals surface area contributed by atoms with Gasteiger partial charge in [0.1, 0.15) is 5.75 Å². The van der Waals surface area contributed by atoms with E-state index in [0.29, 0.717) is 6.04 Å². The number of methoxy groups -OCH3 is 2. The van der Waals surface area contributed by atoms with Crippen LogP contribution in [0.3, 0.4) is 0 Å². The van der Waals surface area contributed by atoms with Crippen molar-refractivity contribution in [3.8, 4) is 5.75 Å². The van der Waals surface area contributed by atoms with Crippen LogP contribution in [0.2, 0.25) is 0 Å². The Balaban J connectivity index is 2.18. The van der Waals surface area contributed by atoms with Crippen molar-refractivity contribution in [2.45, 2.75) is 32.2 Å². The second kappa shape index (κ2) is 8.95. The van der Waals surface area contributed by atoms with Crippen LogP contribution in [-0.4, -0.2) is 33.4 Å². The Morgan fingerprint density at radius 3 is 2.50 bits per heavy atom. The summed E-state index contributed by atoms with van der Waals surface area (Å²) >= 11 is 0. The molecule has 0 amide bonds. The maximum Gasteiger partial charge on any atom is 0.118 e. The molecule has 1 unspecified atom stereocenters. The monoisotopic (exact) mass is 251 g/mol. The van der Waals surface area contributed by atoms with E-state index in [1.165, 1.54) is 5.56 Å². The summed E-state index contributed by atoms with van der Waals surface area (Å²) in [4.78, 5) is 0. The minimum absolute atomic E-state index is 0.545. The maximum absolute atomic E-state index is 5.15. The second-order valence-corrected chi connectivity index (χ2v) is 4.59. The first kappa shape index (κ1) is 15.0. The molecule has 0 radical (unpaired) electrons. The standard InChI is InChI=1S/C15H25NO2/c1-13(16-11-4-12-17-2)5-6-14-7-9-15(18-3)10-8-14/h7-10,13,16H,4-6,11-12H2,1-3H3. The number of rotatable bonds is 9. The molecule has 1 aromatic carbocycles. The first-order valence-corrected chi connectivity index (χ1v) is 6.61. The van der Waals surface area contributed by atoms with Crippen LogP contribution in [0, 0.1) is 0 Å². The lowest BCUT2D eigenvalue weighted by Gasteiger charge is -2.13. The van der Waals surface area contributed by atoms with Gasteiger partial charge in [0.2, 0.25) is 0 Å². The highest BCUT2D eigenvalue weighted by atomic mass is 16.5. The molecule has 3 heteroatoms. The van der Waals surface area contributed by atoms with Crippen molar-refractivity contribution >= 4 is 0 Å². The maximum atomic E-state index is 5.15. The van der Waals surface area contributed by atoms with Crippen molar-refractivity contribution in [2.24, 2.45) is 0 Å². The van der Waals surface area contributed by atoms with Crippen LogP contribution in [0.15, 0.2) is 24.3 Å². The number of aryl methyl sites for hydroxylation is 1. The van der Waals surface area contributed by atoms with Gasteiger partial charge in [-0.1, -0.05) is 12.1 Å². The van der Waals surface area contributed by atoms with Crippen molar-refractivity contribution in [1.29, 1.82) is 0 Å². The average Bonchev–Trinajstić information content (AvgIpc) is 2.42. The third kappa shape index (κ3) is 6.03. The van der Waals surface area contributed by atoms with E-state index in [-0.39, 0.29) is 0 Å². The number of hydrogen-bond donors (Lipinski definition) is 1. The summed E-state index contributed by atoms with van der Waals surface area (Å²) in [5.41, 5.74) is 1.36. The molecule has 0 aromatic heterocycles. The van der Waals surface area contributed by atoms with Gasteiger partial charge >= 0.3 is 0 Å². The van der Waals surface area contributed by atoms with E-state index in [2.05, 4.69) is 24.4 Å². The molecular weight excluding hydrogens is 226 g/mol. The van der Waals surface area contributed by atoms with E-state index in [0.717, 1.165) is 38.2 Å². The van der Waals surface area contributed by atoms with Crippen molar-refractivity contribution in [1.82, 2.24) is 5.32 Å². The van der Waals surface area contributed by atoms with Crippen molar-refractivity contribution < 1.29 is 9.47 Å². The minimum atomic E-state index is 0.545. The summed E-state index contributed by atoms with van der Waals surface area (Å²) in [6, 6.07) is 8.86. The van der Waals surface area contributed by atoms with Crippen LogP contribution in [0.25, 0.3) is 0 Å². The minimum Gasteiger partial charge on any atom is -0.497 e. The Bertz CT molecular complexity index is 311. The van der Waals surface area contributed by atoms with Crippen LogP contribution in [0.5, 0.6) is 5.75 Å². The molecular formula is C15H25NO2. The van der Waals surface area contributed by atoms with Gasteiger partial charge in [-0.05, 0) is 50.4 Å². The lowest BCUT2D eigenvalue weighted by atomic mass is 10.1. The van der Waals surface area contributed by atoms with Gasteiger partial charge in [-0.2, -0.15) is 0 Å². The highest BCUT2D eigenvalue weighted by Crippen LogP contribution is 2.13. The Kier molecular flexibility index (Phi) is 7.46. The lowest BCUT2D eigenvalue weighted by Crippen LogP contribution is -2.28. The van der Waals surface area contributed by atoms with Crippen molar-refractivity contribution in [2.75, 3.05) is 27.4 Å². The molecule has 1 rings (SSSR count). The van der Waals surface area contributed by atoms with Gasteiger partial charge in [0.25, 0.3) is 0 Å². The fourth-order valence-electron chi connectivity index (χ4n) is 1.84. The zero-order chi connectivity index (χ0) is 13.2. The smallest absolute Gasteiger partial charge is 0.118 e. The van der Waals surface area contributed by atoms with Crippen LogP contribution in [0.1, 0.15) is 25.3 Å². The third-order valence-corrected chi connectivity index (χ3v) is 3.04. The molecule has 0 fully saturated rings. The van der Waals surface area contributed by atoms with Gasteiger partial charge in [0.15, 0.2) is 0 Å². The molecule has 18 heavy (non-hydrogen) atoms. The molecule has 0 saturated carbocycles. The summed E-state index contributed by atoms with van der Waals surface area (Å²) < 4.78 is 10.2. The SMILES string of the molecule is COCCCNC(C)CCc1ccc(OC)cc1. The van der Waals surface area contributed by atoms with Gasteiger partial charge < -0.3 is 14.8 Å². The highest BCUT2D eigenvalue weighted by Gasteiger charge is 2.02. The summed E-state index contributed by atoms with van der Waals surface area (Å²) in [5.74, 6) is 0.921. The van der Waals surface area contributed by atoms with E-state index in [9.17, 15) is 0 Å². The molecule has 0 spiro atoms. The van der Waals surface area contributed by atoms with Gasteiger partial charge in [-0.15, -0.1) is 0 Å². The predicted molar refractivity (Wildman–Crippen MR) is 75.3 cm³/mol. The Labute approximate surface area is 110 Å². The van der Waals surface area contributed by atoms with Crippen LogP contribution < -0.4 is 10.1 Å². The van der Waals surface area contributed by atoms with Crippen LogP contribution >= 0.6 is 0 Å². The first-order valence-electron chi connectivity index (χ1n) is 6.61. The summed E-state index contributed by atoms with van der Waals surface area (Å²) in [6.07, 6.45) is 3.32. The normalized spacial score (nSPS) is 12.4. The fraction of sp³-hybridized carbons (Fsp3) is 0.600. The van der Waals surface area contributed by atoms with E-state index >= 15 is 0 Å². The third-order valence-electron chi connectivity index (χ3n) is 3.04. The zero-order valence-electron chi connectivity index (χ0n) is 11.7. The van der Waals surface area contributed by atoms with Crippen molar-refractivity contribution in [3.63, 3.8) is 0 Å². The molecule has 0 saturated heterocycles. The molecule has 1 atom stereocenters. The summed E-state index contributed by atoms with van der Waals surface area (Å²) in [7, 11) is 3.44. The fourth-order valence-corrected chi connectivity index (χ4v) is 1.84. The van der Waals surface area contributed by atoms with Gasteiger partial charge in [0.05, 0.1) is 7.11 Å². The van der Waals surface area contributed by atoms with Crippen LogP contribution in [-0.2, 0) is 11.2 Å². The highest BCUT2D eigenvalue weighted by molar-refractivity contribution is 5.27. The van der Waals surface area contributed by atoms with Gasteiger partial charge in [-0.3, -0.25) is 0 Å². The van der Waals surface area contributed by atoms with E-state index in [4.69, 9.17) is 9.47 Å². The zero-order valence-corrected chi connectivity index (χ0v) is 11.7. The second-order valence-electron chi connectivity index (χ2n) is 4.59. The largest absolute Gasteiger partial charge is 0.497 e. The lowest BCUT2D eigenvalue weighted by molar-refractivity contribution is 0.193. The van der Waals surface area contributed by atoms with Crippen molar-refractivity contribution in [3.05, 3.63) is 29.8 Å².